The molecule has 3 atom stereocenters. The number of amidine groups is 1. The summed E-state index contributed by atoms with van der Waals surface area (Å²) in [6.07, 6.45) is 5.18. The van der Waals surface area contributed by atoms with Crippen LogP contribution < -0.4 is 5.73 Å². The third-order valence-corrected chi connectivity index (χ3v) is 4.65. The van der Waals surface area contributed by atoms with Crippen molar-refractivity contribution in [1.29, 1.82) is 0 Å². The molecule has 2 saturated heterocycles. The van der Waals surface area contributed by atoms with Crippen molar-refractivity contribution in [3.05, 3.63) is 0 Å². The maximum atomic E-state index is 8.94. The predicted molar refractivity (Wildman–Crippen MR) is 83.7 cm³/mol. The van der Waals surface area contributed by atoms with Crippen LogP contribution in [-0.2, 0) is 4.74 Å². The fourth-order valence-electron chi connectivity index (χ4n) is 3.42. The number of hydrogen-bond donors (Lipinski definition) is 2. The normalized spacial score (nSPS) is 30.7. The van der Waals surface area contributed by atoms with Crippen LogP contribution in [0.4, 0.5) is 0 Å². The summed E-state index contributed by atoms with van der Waals surface area (Å²) in [6.45, 7) is 9.35. The quantitative estimate of drug-likeness (QED) is 0.332. The zero-order valence-electron chi connectivity index (χ0n) is 13.4. The number of hydrogen-bond acceptors (Lipinski definition) is 5. The van der Waals surface area contributed by atoms with E-state index in [-0.39, 0.29) is 6.04 Å². The molecule has 2 fully saturated rings. The number of ether oxygens (including phenoxy) is 1. The molecule has 3 N–H and O–H groups in total. The molecular weight excluding hydrogens is 268 g/mol. The van der Waals surface area contributed by atoms with Crippen LogP contribution in [0.25, 0.3) is 0 Å². The molecular formula is C15H30N4O2. The van der Waals surface area contributed by atoms with Gasteiger partial charge in [0.05, 0.1) is 18.2 Å². The van der Waals surface area contributed by atoms with E-state index >= 15 is 0 Å². The van der Waals surface area contributed by atoms with E-state index in [0.717, 1.165) is 45.6 Å². The lowest BCUT2D eigenvalue weighted by atomic mass is 10.1. The molecule has 2 rings (SSSR count). The van der Waals surface area contributed by atoms with E-state index in [1.54, 1.807) is 0 Å². The fourth-order valence-corrected chi connectivity index (χ4v) is 3.42. The van der Waals surface area contributed by atoms with E-state index in [0.29, 0.717) is 18.0 Å². The van der Waals surface area contributed by atoms with Gasteiger partial charge in [-0.05, 0) is 26.2 Å². The molecule has 0 radical (unpaired) electrons. The van der Waals surface area contributed by atoms with Crippen LogP contribution in [0.1, 0.15) is 39.5 Å². The van der Waals surface area contributed by atoms with Crippen molar-refractivity contribution in [2.24, 2.45) is 10.9 Å². The Morgan fingerprint density at radius 3 is 2.57 bits per heavy atom. The smallest absolute Gasteiger partial charge is 0.156 e. The van der Waals surface area contributed by atoms with E-state index in [1.807, 2.05) is 0 Å². The lowest BCUT2D eigenvalue weighted by Gasteiger charge is -2.39. The Morgan fingerprint density at radius 2 is 2.05 bits per heavy atom. The summed E-state index contributed by atoms with van der Waals surface area (Å²) in [5, 5.41) is 12.2. The first-order valence-electron chi connectivity index (χ1n) is 8.23. The molecule has 0 aromatic heterocycles. The second-order valence-electron chi connectivity index (χ2n) is 6.31. The van der Waals surface area contributed by atoms with Gasteiger partial charge < -0.3 is 15.7 Å². The molecule has 2 aliphatic rings. The molecule has 6 heteroatoms. The van der Waals surface area contributed by atoms with Crippen molar-refractivity contribution in [2.75, 3.05) is 32.7 Å². The van der Waals surface area contributed by atoms with Crippen LogP contribution in [0, 0.1) is 0 Å². The second-order valence-corrected chi connectivity index (χ2v) is 6.31. The van der Waals surface area contributed by atoms with E-state index in [1.165, 1.54) is 12.8 Å². The topological polar surface area (TPSA) is 74.3 Å². The van der Waals surface area contributed by atoms with Crippen LogP contribution in [-0.4, -0.2) is 71.8 Å². The Balaban J connectivity index is 1.78. The molecule has 0 amide bonds. The van der Waals surface area contributed by atoms with Gasteiger partial charge >= 0.3 is 0 Å². The van der Waals surface area contributed by atoms with Gasteiger partial charge in [-0.3, -0.25) is 9.80 Å². The highest BCUT2D eigenvalue weighted by Crippen LogP contribution is 2.21. The first kappa shape index (κ1) is 16.5. The predicted octanol–water partition coefficient (Wildman–Crippen LogP) is 1.09. The van der Waals surface area contributed by atoms with Gasteiger partial charge in [-0.2, -0.15) is 0 Å². The SMILES string of the molecule is CCCC(C(N)=NO)N1CCN(CC2CCC(C)O2)CC1. The molecule has 0 aromatic rings. The Labute approximate surface area is 127 Å². The first-order chi connectivity index (χ1) is 10.1. The third-order valence-electron chi connectivity index (χ3n) is 4.65. The average Bonchev–Trinajstić information content (AvgIpc) is 2.90. The highest BCUT2D eigenvalue weighted by atomic mass is 16.5. The maximum absolute atomic E-state index is 8.94. The van der Waals surface area contributed by atoms with E-state index in [2.05, 4.69) is 28.8 Å². The lowest BCUT2D eigenvalue weighted by molar-refractivity contribution is 0.0168. The minimum absolute atomic E-state index is 0.0740. The summed E-state index contributed by atoms with van der Waals surface area (Å²) >= 11 is 0. The minimum Gasteiger partial charge on any atom is -0.409 e. The van der Waals surface area contributed by atoms with Crippen molar-refractivity contribution < 1.29 is 9.94 Å². The third kappa shape index (κ3) is 4.56. The average molecular weight is 298 g/mol. The molecule has 0 aliphatic carbocycles. The Kier molecular flexibility index (Phi) is 6.26. The number of oxime groups is 1. The number of rotatable bonds is 6. The lowest BCUT2D eigenvalue weighted by Crippen LogP contribution is -2.55. The van der Waals surface area contributed by atoms with Gasteiger partial charge in [-0.25, -0.2) is 0 Å². The van der Waals surface area contributed by atoms with Crippen LogP contribution in [0.5, 0.6) is 0 Å². The Bertz CT molecular complexity index is 343. The Morgan fingerprint density at radius 1 is 1.33 bits per heavy atom. The molecule has 2 heterocycles. The van der Waals surface area contributed by atoms with Gasteiger partial charge in [0, 0.05) is 32.7 Å². The molecule has 0 bridgehead atoms. The highest BCUT2D eigenvalue weighted by molar-refractivity contribution is 5.85. The van der Waals surface area contributed by atoms with E-state index in [9.17, 15) is 0 Å². The summed E-state index contributed by atoms with van der Waals surface area (Å²) in [7, 11) is 0. The molecule has 6 nitrogen and oxygen atoms in total. The van der Waals surface area contributed by atoms with Gasteiger partial charge in [0.25, 0.3) is 0 Å². The second kappa shape index (κ2) is 7.96. The van der Waals surface area contributed by atoms with Crippen molar-refractivity contribution >= 4 is 5.84 Å². The summed E-state index contributed by atoms with van der Waals surface area (Å²) in [6, 6.07) is 0.0740. The summed E-state index contributed by atoms with van der Waals surface area (Å²) < 4.78 is 5.91. The molecule has 21 heavy (non-hydrogen) atoms. The standard InChI is InChI=1S/C15H30N4O2/c1-3-4-14(15(16)17-20)19-9-7-18(8-10-19)11-13-6-5-12(2)21-13/h12-14,20H,3-11H2,1-2H3,(H2,16,17). The van der Waals surface area contributed by atoms with Gasteiger partial charge in [0.2, 0.25) is 0 Å². The first-order valence-corrected chi connectivity index (χ1v) is 8.23. The molecule has 122 valence electrons. The molecule has 0 saturated carbocycles. The zero-order valence-corrected chi connectivity index (χ0v) is 13.4. The van der Waals surface area contributed by atoms with Crippen molar-refractivity contribution in [2.45, 2.75) is 57.8 Å². The van der Waals surface area contributed by atoms with Crippen LogP contribution in [0.15, 0.2) is 5.16 Å². The van der Waals surface area contributed by atoms with Gasteiger partial charge in [0.15, 0.2) is 5.84 Å². The largest absolute Gasteiger partial charge is 0.409 e. The van der Waals surface area contributed by atoms with E-state index in [4.69, 9.17) is 15.7 Å². The van der Waals surface area contributed by atoms with Gasteiger partial charge in [-0.1, -0.05) is 18.5 Å². The Hall–Kier alpha value is -0.850. The monoisotopic (exact) mass is 298 g/mol. The van der Waals surface area contributed by atoms with Crippen LogP contribution >= 0.6 is 0 Å². The highest BCUT2D eigenvalue weighted by Gasteiger charge is 2.29. The zero-order chi connectivity index (χ0) is 15.2. The number of piperazine rings is 1. The fraction of sp³-hybridized carbons (Fsp3) is 0.933. The van der Waals surface area contributed by atoms with Crippen LogP contribution in [0.2, 0.25) is 0 Å². The van der Waals surface area contributed by atoms with Crippen molar-refractivity contribution in [3.8, 4) is 0 Å². The number of nitrogens with two attached hydrogens (primary N) is 1. The molecule has 0 spiro atoms. The number of nitrogens with zero attached hydrogens (tertiary/aromatic N) is 3. The van der Waals surface area contributed by atoms with Gasteiger partial charge in [-0.15, -0.1) is 0 Å². The molecule has 3 unspecified atom stereocenters. The summed E-state index contributed by atoms with van der Waals surface area (Å²) in [4.78, 5) is 4.82. The van der Waals surface area contributed by atoms with Crippen molar-refractivity contribution in [3.63, 3.8) is 0 Å². The van der Waals surface area contributed by atoms with E-state index < -0.39 is 0 Å². The van der Waals surface area contributed by atoms with Crippen LogP contribution in [0.3, 0.4) is 0 Å². The van der Waals surface area contributed by atoms with Gasteiger partial charge in [0.1, 0.15) is 0 Å². The molecule has 0 aromatic carbocycles. The minimum atomic E-state index is 0.0740. The summed E-state index contributed by atoms with van der Waals surface area (Å²) in [5.74, 6) is 0.346. The van der Waals surface area contributed by atoms with Crippen molar-refractivity contribution in [1.82, 2.24) is 9.80 Å². The maximum Gasteiger partial charge on any atom is 0.156 e. The summed E-state index contributed by atoms with van der Waals surface area (Å²) in [5.41, 5.74) is 5.84. The molecule has 2 aliphatic heterocycles.